The minimum Gasteiger partial charge on any atom is -0.494 e. The van der Waals surface area contributed by atoms with Crippen molar-refractivity contribution in [2.45, 2.75) is 26.2 Å². The van der Waals surface area contributed by atoms with Crippen molar-refractivity contribution in [2.75, 3.05) is 27.2 Å². The van der Waals surface area contributed by atoms with Crippen LogP contribution in [0.15, 0.2) is 24.3 Å². The Bertz CT molecular complexity index is 297. The van der Waals surface area contributed by atoms with E-state index in [-0.39, 0.29) is 0 Å². The maximum Gasteiger partial charge on any atom is 0.119 e. The summed E-state index contributed by atoms with van der Waals surface area (Å²) in [4.78, 5) is 2.18. The molecular weight excluding hydrogens is 198 g/mol. The Hall–Kier alpha value is -1.02. The Morgan fingerprint density at radius 2 is 2.06 bits per heavy atom. The molecule has 1 aromatic carbocycles. The fourth-order valence-electron chi connectivity index (χ4n) is 1.65. The van der Waals surface area contributed by atoms with Gasteiger partial charge in [0.1, 0.15) is 5.75 Å². The fraction of sp³-hybridized carbons (Fsp3) is 0.571. The second-order valence-electron chi connectivity index (χ2n) is 4.40. The molecule has 1 aromatic rings. The molecule has 0 spiro atoms. The maximum atomic E-state index is 5.72. The Morgan fingerprint density at radius 1 is 1.25 bits per heavy atom. The van der Waals surface area contributed by atoms with Gasteiger partial charge in [-0.05, 0) is 44.6 Å². The number of hydrogen-bond acceptors (Lipinski definition) is 2. The van der Waals surface area contributed by atoms with Crippen molar-refractivity contribution in [2.24, 2.45) is 0 Å². The first-order chi connectivity index (χ1) is 7.72. The largest absolute Gasteiger partial charge is 0.494 e. The molecule has 0 heterocycles. The molecule has 0 atom stereocenters. The lowest BCUT2D eigenvalue weighted by Crippen LogP contribution is -2.15. The van der Waals surface area contributed by atoms with Crippen LogP contribution in [0, 0.1) is 0 Å². The lowest BCUT2D eigenvalue weighted by molar-refractivity contribution is 0.281. The van der Waals surface area contributed by atoms with Gasteiger partial charge in [0.05, 0.1) is 6.61 Å². The normalized spacial score (nSPS) is 10.8. The topological polar surface area (TPSA) is 12.5 Å². The number of ether oxygens (including phenoxy) is 1. The van der Waals surface area contributed by atoms with Gasteiger partial charge in [-0.3, -0.25) is 0 Å². The molecule has 0 saturated heterocycles. The average molecular weight is 221 g/mol. The third kappa shape index (κ3) is 5.17. The molecule has 16 heavy (non-hydrogen) atoms. The van der Waals surface area contributed by atoms with Crippen molar-refractivity contribution in [1.29, 1.82) is 0 Å². The van der Waals surface area contributed by atoms with E-state index in [1.807, 2.05) is 6.07 Å². The molecule has 90 valence electrons. The van der Waals surface area contributed by atoms with Crippen LogP contribution >= 0.6 is 0 Å². The van der Waals surface area contributed by atoms with Gasteiger partial charge in [-0.25, -0.2) is 0 Å². The molecule has 0 aliphatic heterocycles. The van der Waals surface area contributed by atoms with Crippen LogP contribution in [-0.4, -0.2) is 32.1 Å². The molecule has 0 aliphatic rings. The Kier molecular flexibility index (Phi) is 5.94. The molecule has 2 nitrogen and oxygen atoms in total. The highest BCUT2D eigenvalue weighted by molar-refractivity contribution is 5.28. The highest BCUT2D eigenvalue weighted by Crippen LogP contribution is 2.14. The monoisotopic (exact) mass is 221 g/mol. The third-order valence-corrected chi connectivity index (χ3v) is 2.46. The number of nitrogens with zero attached hydrogens (tertiary/aromatic N) is 1. The summed E-state index contributed by atoms with van der Waals surface area (Å²) in [5.74, 6) is 1.00. The van der Waals surface area contributed by atoms with Crippen LogP contribution in [-0.2, 0) is 6.42 Å². The van der Waals surface area contributed by atoms with Gasteiger partial charge >= 0.3 is 0 Å². The first kappa shape index (κ1) is 13.0. The molecule has 1 rings (SSSR count). The zero-order valence-corrected chi connectivity index (χ0v) is 10.7. The number of rotatable bonds is 7. The van der Waals surface area contributed by atoms with Crippen molar-refractivity contribution >= 4 is 0 Å². The summed E-state index contributed by atoms with van der Waals surface area (Å²) < 4.78 is 5.72. The summed E-state index contributed by atoms with van der Waals surface area (Å²) in [7, 11) is 4.17. The van der Waals surface area contributed by atoms with E-state index in [1.54, 1.807) is 0 Å². The van der Waals surface area contributed by atoms with Crippen molar-refractivity contribution in [1.82, 2.24) is 4.90 Å². The summed E-state index contributed by atoms with van der Waals surface area (Å²) in [6, 6.07) is 8.43. The van der Waals surface area contributed by atoms with E-state index in [0.717, 1.165) is 31.7 Å². The molecule has 0 N–H and O–H groups in total. The van der Waals surface area contributed by atoms with Gasteiger partial charge in [-0.2, -0.15) is 0 Å². The first-order valence-electron chi connectivity index (χ1n) is 6.09. The molecule has 0 radical (unpaired) electrons. The molecule has 0 amide bonds. The number of benzene rings is 1. The van der Waals surface area contributed by atoms with Crippen molar-refractivity contribution in [3.05, 3.63) is 29.8 Å². The van der Waals surface area contributed by atoms with Crippen molar-refractivity contribution < 1.29 is 4.74 Å². The number of hydrogen-bond donors (Lipinski definition) is 0. The summed E-state index contributed by atoms with van der Waals surface area (Å²) in [6.45, 7) is 4.08. The molecule has 0 fully saturated rings. The van der Waals surface area contributed by atoms with Crippen LogP contribution in [0.25, 0.3) is 0 Å². The highest BCUT2D eigenvalue weighted by Gasteiger charge is 1.97. The van der Waals surface area contributed by atoms with Gasteiger partial charge in [0.25, 0.3) is 0 Å². The van der Waals surface area contributed by atoms with E-state index in [1.165, 1.54) is 12.0 Å². The van der Waals surface area contributed by atoms with E-state index in [4.69, 9.17) is 4.74 Å². The van der Waals surface area contributed by atoms with E-state index in [2.05, 4.69) is 44.1 Å². The second kappa shape index (κ2) is 7.29. The zero-order chi connectivity index (χ0) is 11.8. The smallest absolute Gasteiger partial charge is 0.119 e. The van der Waals surface area contributed by atoms with E-state index >= 15 is 0 Å². The van der Waals surface area contributed by atoms with Crippen LogP contribution in [0.5, 0.6) is 5.75 Å². The Labute approximate surface area is 99.2 Å². The van der Waals surface area contributed by atoms with Gasteiger partial charge in [-0.1, -0.05) is 25.5 Å². The molecule has 0 aromatic heterocycles. The minimum absolute atomic E-state index is 0.799. The molecule has 2 heteroatoms. The summed E-state index contributed by atoms with van der Waals surface area (Å²) >= 11 is 0. The lowest BCUT2D eigenvalue weighted by atomic mass is 10.1. The van der Waals surface area contributed by atoms with E-state index < -0.39 is 0 Å². The molecule has 0 unspecified atom stereocenters. The summed E-state index contributed by atoms with van der Waals surface area (Å²) in [6.07, 6.45) is 3.39. The van der Waals surface area contributed by atoms with Crippen molar-refractivity contribution in [3.8, 4) is 5.75 Å². The zero-order valence-electron chi connectivity index (χ0n) is 10.7. The lowest BCUT2D eigenvalue weighted by Gasteiger charge is -2.11. The van der Waals surface area contributed by atoms with Crippen LogP contribution in [0.3, 0.4) is 0 Å². The van der Waals surface area contributed by atoms with Crippen LogP contribution in [0.4, 0.5) is 0 Å². The third-order valence-electron chi connectivity index (χ3n) is 2.46. The Balaban J connectivity index is 2.33. The Morgan fingerprint density at radius 3 is 2.75 bits per heavy atom. The predicted octanol–water partition coefficient (Wildman–Crippen LogP) is 2.97. The summed E-state index contributed by atoms with van der Waals surface area (Å²) in [5.41, 5.74) is 1.37. The maximum absolute atomic E-state index is 5.72. The van der Waals surface area contributed by atoms with Gasteiger partial charge in [0, 0.05) is 6.54 Å². The standard InChI is InChI=1S/C14H23NO/c1-4-7-13-8-5-9-14(12-13)16-11-6-10-15(2)3/h5,8-9,12H,4,6-7,10-11H2,1-3H3. The van der Waals surface area contributed by atoms with Gasteiger partial charge in [0.15, 0.2) is 0 Å². The predicted molar refractivity (Wildman–Crippen MR) is 69.1 cm³/mol. The quantitative estimate of drug-likeness (QED) is 0.656. The average Bonchev–Trinajstić information content (AvgIpc) is 2.25. The van der Waals surface area contributed by atoms with Crippen LogP contribution < -0.4 is 4.74 Å². The minimum atomic E-state index is 0.799. The van der Waals surface area contributed by atoms with Gasteiger partial charge in [-0.15, -0.1) is 0 Å². The van der Waals surface area contributed by atoms with Crippen LogP contribution in [0.2, 0.25) is 0 Å². The first-order valence-corrected chi connectivity index (χ1v) is 6.09. The van der Waals surface area contributed by atoms with Crippen LogP contribution in [0.1, 0.15) is 25.3 Å². The van der Waals surface area contributed by atoms with E-state index in [9.17, 15) is 0 Å². The highest BCUT2D eigenvalue weighted by atomic mass is 16.5. The molecule has 0 saturated carbocycles. The van der Waals surface area contributed by atoms with Gasteiger partial charge in [0.2, 0.25) is 0 Å². The molecule has 0 bridgehead atoms. The number of aryl methyl sites for hydroxylation is 1. The van der Waals surface area contributed by atoms with Gasteiger partial charge < -0.3 is 9.64 Å². The second-order valence-corrected chi connectivity index (χ2v) is 4.40. The summed E-state index contributed by atoms with van der Waals surface area (Å²) in [5, 5.41) is 0. The SMILES string of the molecule is CCCc1cccc(OCCCN(C)C)c1. The molecule has 0 aliphatic carbocycles. The molecular formula is C14H23NO. The fourth-order valence-corrected chi connectivity index (χ4v) is 1.65. The van der Waals surface area contributed by atoms with Crippen molar-refractivity contribution in [3.63, 3.8) is 0 Å². The van der Waals surface area contributed by atoms with E-state index in [0.29, 0.717) is 0 Å².